The van der Waals surface area contributed by atoms with Gasteiger partial charge >= 0.3 is 12.1 Å². The number of benzene rings is 3. The molecule has 0 unspecified atom stereocenters. The number of quaternary nitrogens is 1. The highest BCUT2D eigenvalue weighted by atomic mass is 32.2. The van der Waals surface area contributed by atoms with Crippen LogP contribution in [0.3, 0.4) is 0 Å². The first-order valence-corrected chi connectivity index (χ1v) is 18.5. The first kappa shape index (κ1) is 41.1. The topological polar surface area (TPSA) is 172 Å². The van der Waals surface area contributed by atoms with Crippen LogP contribution in [0.2, 0.25) is 0 Å². The average molecular weight is 794 g/mol. The number of likely N-dealkylation sites (tertiary alicyclic amines) is 1. The molecule has 294 valence electrons. The van der Waals surface area contributed by atoms with Crippen LogP contribution < -0.4 is 5.56 Å². The monoisotopic (exact) mass is 793 g/mol. The van der Waals surface area contributed by atoms with Crippen molar-refractivity contribution < 1.29 is 45.0 Å². The van der Waals surface area contributed by atoms with Gasteiger partial charge in [-0.2, -0.15) is 23.5 Å². The zero-order chi connectivity index (χ0) is 41.0. The van der Waals surface area contributed by atoms with Crippen molar-refractivity contribution in [3.05, 3.63) is 118 Å². The quantitative estimate of drug-likeness (QED) is 0.126. The molecule has 0 N–H and O–H groups in total. The smallest absolute Gasteiger partial charge is 0.416 e. The molecule has 1 amide bonds. The number of ether oxygens (including phenoxy) is 1. The van der Waals surface area contributed by atoms with Crippen molar-refractivity contribution in [3.8, 4) is 28.8 Å². The molecular weight excluding hydrogens is 756 g/mol. The van der Waals surface area contributed by atoms with Gasteiger partial charge in [-0.1, -0.05) is 24.3 Å². The molecule has 0 atom stereocenters. The molecule has 0 bridgehead atoms. The molecule has 1 fully saturated rings. The van der Waals surface area contributed by atoms with Gasteiger partial charge in [0.2, 0.25) is 0 Å². The van der Waals surface area contributed by atoms with Gasteiger partial charge in [0, 0.05) is 33.0 Å². The number of rotatable bonds is 8. The van der Waals surface area contributed by atoms with E-state index in [0.717, 1.165) is 16.8 Å². The number of carbonyl (C=O) groups is 2. The van der Waals surface area contributed by atoms with Crippen molar-refractivity contribution in [2.75, 3.05) is 40.8 Å². The van der Waals surface area contributed by atoms with Gasteiger partial charge in [0.1, 0.15) is 21.9 Å². The molecule has 2 aromatic heterocycles. The highest BCUT2D eigenvalue weighted by Crippen LogP contribution is 2.32. The summed E-state index contributed by atoms with van der Waals surface area (Å²) in [5, 5.41) is 13.6. The van der Waals surface area contributed by atoms with Crippen LogP contribution >= 0.6 is 0 Å². The average Bonchev–Trinajstić information content (AvgIpc) is 3.72. The third-order valence-electron chi connectivity index (χ3n) is 8.73. The van der Waals surface area contributed by atoms with Crippen molar-refractivity contribution >= 4 is 22.0 Å². The minimum absolute atomic E-state index is 0.0114. The molecular formula is C38H38F3N7O7S. The maximum absolute atomic E-state index is 14.0. The summed E-state index contributed by atoms with van der Waals surface area (Å²) in [4.78, 5) is 42.1. The first-order valence-electron chi connectivity index (χ1n) is 17.1. The van der Waals surface area contributed by atoms with Gasteiger partial charge in [0.05, 0.1) is 66.5 Å². The fourth-order valence-corrected chi connectivity index (χ4v) is 6.57. The molecule has 0 aliphatic carbocycles. The Balaban J connectivity index is 0.000000522. The number of hydrogen-bond donors (Lipinski definition) is 0. The van der Waals surface area contributed by atoms with E-state index in [9.17, 15) is 45.8 Å². The molecule has 1 aliphatic rings. The number of halogens is 3. The highest BCUT2D eigenvalue weighted by molar-refractivity contribution is 7.85. The SMILES string of the molecule is Cn1c(-c2ccnn2-c2ccc(C#N)cc2)c(C(=O)OC2CCN(C(=O)C[N+](C)(C)C)CC2)c(=O)n1-c1cccc(C(F)(F)F)c1.O=S(=O)([O-])c1ccccc1. The summed E-state index contributed by atoms with van der Waals surface area (Å²) in [7, 11) is 2.97. The fraction of sp³-hybridized carbons (Fsp3) is 0.289. The predicted octanol–water partition coefficient (Wildman–Crippen LogP) is 4.36. The number of nitriles is 1. The van der Waals surface area contributed by atoms with Crippen LogP contribution in [-0.2, 0) is 32.9 Å². The summed E-state index contributed by atoms with van der Waals surface area (Å²) in [6.07, 6.45) is -3.06. The summed E-state index contributed by atoms with van der Waals surface area (Å²) in [5.41, 5.74) is -1.01. The molecule has 6 rings (SSSR count). The fourth-order valence-electron chi connectivity index (χ4n) is 6.08. The minimum Gasteiger partial charge on any atom is -0.744 e. The van der Waals surface area contributed by atoms with Crippen molar-refractivity contribution in [1.82, 2.24) is 24.0 Å². The van der Waals surface area contributed by atoms with Crippen molar-refractivity contribution in [2.24, 2.45) is 7.05 Å². The summed E-state index contributed by atoms with van der Waals surface area (Å²) >= 11 is 0. The third kappa shape index (κ3) is 9.60. The Morgan fingerprint density at radius 2 is 1.61 bits per heavy atom. The van der Waals surface area contributed by atoms with Gasteiger partial charge < -0.3 is 18.7 Å². The number of hydrogen-bond acceptors (Lipinski definition) is 9. The molecule has 1 aliphatic heterocycles. The van der Waals surface area contributed by atoms with Crippen molar-refractivity contribution in [2.45, 2.75) is 30.0 Å². The van der Waals surface area contributed by atoms with Crippen LogP contribution in [0.15, 0.2) is 101 Å². The number of esters is 1. The molecule has 3 heterocycles. The van der Waals surface area contributed by atoms with Crippen LogP contribution in [0.1, 0.15) is 34.3 Å². The summed E-state index contributed by atoms with van der Waals surface area (Å²) in [6.45, 7) is 1.07. The van der Waals surface area contributed by atoms with Gasteiger partial charge in [-0.25, -0.2) is 22.6 Å². The van der Waals surface area contributed by atoms with Crippen LogP contribution in [0, 0.1) is 11.3 Å². The van der Waals surface area contributed by atoms with E-state index in [1.807, 2.05) is 27.2 Å². The summed E-state index contributed by atoms with van der Waals surface area (Å²) in [6, 6.07) is 21.5. The number of amides is 1. The zero-order valence-electron chi connectivity index (χ0n) is 30.8. The van der Waals surface area contributed by atoms with Crippen molar-refractivity contribution in [1.29, 1.82) is 5.26 Å². The standard InChI is InChI=1S/C32H33F3N7O4.C6H6O3S/c1-38-29(26-12-15-37-40(26)23-10-8-21(19-36)9-11-23)28(30(44)41(38)24-7-5-6-22(18-24)32(33,34)35)31(45)46-25-13-16-39(17-14-25)27(43)20-42(2,3)4;7-10(8,9)6-4-2-1-3-5-6/h5-12,15,18,25H,13-14,16-17,20H2,1-4H3;1-5H,(H,7,8,9)/q+1;/p-1. The second kappa shape index (κ2) is 16.4. The Labute approximate surface area is 320 Å². The van der Waals surface area contributed by atoms with E-state index >= 15 is 0 Å². The molecule has 5 aromatic rings. The van der Waals surface area contributed by atoms with Gasteiger partial charge in [-0.15, -0.1) is 0 Å². The van der Waals surface area contributed by atoms with Crippen LogP contribution in [0.4, 0.5) is 13.2 Å². The first-order chi connectivity index (χ1) is 26.3. The van der Waals surface area contributed by atoms with Gasteiger partial charge in [0.25, 0.3) is 11.5 Å². The van der Waals surface area contributed by atoms with E-state index in [1.165, 1.54) is 59.0 Å². The lowest BCUT2D eigenvalue weighted by Gasteiger charge is -2.33. The number of nitrogens with zero attached hydrogens (tertiary/aromatic N) is 7. The number of carbonyl (C=O) groups excluding carboxylic acids is 2. The Kier molecular flexibility index (Phi) is 12.0. The van der Waals surface area contributed by atoms with E-state index in [2.05, 4.69) is 5.10 Å². The summed E-state index contributed by atoms with van der Waals surface area (Å²) in [5.74, 6) is -0.951. The van der Waals surface area contributed by atoms with E-state index < -0.39 is 39.5 Å². The van der Waals surface area contributed by atoms with Crippen LogP contribution in [0.25, 0.3) is 22.8 Å². The normalized spacial score (nSPS) is 13.7. The second-order valence-electron chi connectivity index (χ2n) is 13.9. The Morgan fingerprint density at radius 3 is 2.16 bits per heavy atom. The van der Waals surface area contributed by atoms with Crippen LogP contribution in [0.5, 0.6) is 0 Å². The maximum Gasteiger partial charge on any atom is 0.416 e. The van der Waals surface area contributed by atoms with Crippen LogP contribution in [-0.4, -0.2) is 100 Å². The number of piperidine rings is 1. The molecule has 0 saturated carbocycles. The van der Waals surface area contributed by atoms with E-state index in [-0.39, 0.29) is 27.7 Å². The molecule has 3 aromatic carbocycles. The lowest BCUT2D eigenvalue weighted by molar-refractivity contribution is -0.862. The number of likely N-dealkylation sites (N-methyl/N-ethyl adjacent to an activating group) is 1. The lowest BCUT2D eigenvalue weighted by Crippen LogP contribution is -2.49. The largest absolute Gasteiger partial charge is 0.744 e. The van der Waals surface area contributed by atoms with Gasteiger partial charge in [-0.3, -0.25) is 14.3 Å². The summed E-state index contributed by atoms with van der Waals surface area (Å²) < 4.78 is 81.7. The minimum atomic E-state index is -4.66. The second-order valence-corrected chi connectivity index (χ2v) is 15.3. The molecule has 18 heteroatoms. The third-order valence-corrected chi connectivity index (χ3v) is 9.57. The van der Waals surface area contributed by atoms with E-state index in [1.54, 1.807) is 41.3 Å². The predicted molar refractivity (Wildman–Crippen MR) is 196 cm³/mol. The molecule has 1 saturated heterocycles. The Morgan fingerprint density at radius 1 is 0.964 bits per heavy atom. The maximum atomic E-state index is 14.0. The number of aromatic nitrogens is 4. The molecule has 56 heavy (non-hydrogen) atoms. The Bertz CT molecular complexity index is 2420. The van der Waals surface area contributed by atoms with E-state index in [0.29, 0.717) is 53.9 Å². The lowest BCUT2D eigenvalue weighted by atomic mass is 10.1. The van der Waals surface area contributed by atoms with Crippen molar-refractivity contribution in [3.63, 3.8) is 0 Å². The zero-order valence-corrected chi connectivity index (χ0v) is 31.6. The Hall–Kier alpha value is -6.03. The van der Waals surface area contributed by atoms with Gasteiger partial charge in [-0.05, 0) is 60.7 Å². The molecule has 0 radical (unpaired) electrons. The van der Waals surface area contributed by atoms with Gasteiger partial charge in [0.15, 0.2) is 12.1 Å². The number of alkyl halides is 3. The molecule has 0 spiro atoms. The van der Waals surface area contributed by atoms with E-state index in [4.69, 9.17) is 4.74 Å². The molecule has 14 nitrogen and oxygen atoms in total. The highest BCUT2D eigenvalue weighted by Gasteiger charge is 2.35.